The van der Waals surface area contributed by atoms with Gasteiger partial charge in [0, 0.05) is 24.8 Å². The number of nitrogens with zero attached hydrogens (tertiary/aromatic N) is 1. The smallest absolute Gasteiger partial charge is 1.00 e. The molecule has 0 spiro atoms. The largest absolute Gasteiger partial charge is 1.00 e. The van der Waals surface area contributed by atoms with Crippen LogP contribution in [0.1, 0.15) is 58.4 Å². The number of likely N-dealkylation sites (tertiary alicyclic amines) is 1. The zero-order chi connectivity index (χ0) is 24.5. The Labute approximate surface area is 223 Å². The zero-order valence-electron chi connectivity index (χ0n) is 22.0. The second kappa shape index (κ2) is 14.5. The number of hydrogen-bond donors (Lipinski definition) is 2. The molecule has 1 saturated carbocycles. The maximum Gasteiger partial charge on any atom is 1.00 e. The Morgan fingerprint density at radius 2 is 1.64 bits per heavy atom. The van der Waals surface area contributed by atoms with Gasteiger partial charge in [0.05, 0.1) is 18.8 Å². The van der Waals surface area contributed by atoms with Crippen molar-refractivity contribution in [2.24, 2.45) is 5.92 Å². The monoisotopic (exact) mass is 513 g/mol. The number of benzene rings is 2. The Balaban J connectivity index is 0.00000241. The van der Waals surface area contributed by atoms with Gasteiger partial charge in [0.1, 0.15) is 0 Å². The second-order valence-electron chi connectivity index (χ2n) is 9.95. The molecular formula is C30H40ClNO4. The standard InChI is InChI=1S/C30H39NO4.ClH/c32-27-21-28(35-22-23-15-17-25(18-16-23)24-11-5-3-6-12-24)26(13-7-1-2-8-14-29(33)34)30(27)31-19-9-4-10-20-31;/h1-3,5-6,11-12,15-18,26-28,30,32H,4,7-10,13-14,19-22H2,(H,33,34);1H/b2-1+;/t26-,27-,28-,30+;/m0./s1. The van der Waals surface area contributed by atoms with Gasteiger partial charge in [-0.3, -0.25) is 9.69 Å². The Morgan fingerprint density at radius 1 is 0.972 bits per heavy atom. The predicted molar refractivity (Wildman–Crippen MR) is 140 cm³/mol. The van der Waals surface area contributed by atoms with E-state index in [9.17, 15) is 9.90 Å². The Bertz CT molecular complexity index is 950. The molecule has 36 heavy (non-hydrogen) atoms. The third-order valence-electron chi connectivity index (χ3n) is 7.48. The van der Waals surface area contributed by atoms with E-state index in [0.29, 0.717) is 19.4 Å². The molecule has 0 radical (unpaired) electrons. The third-order valence-corrected chi connectivity index (χ3v) is 7.48. The third kappa shape index (κ3) is 7.91. The van der Waals surface area contributed by atoms with Crippen LogP contribution in [-0.2, 0) is 16.1 Å². The Kier molecular flexibility index (Phi) is 11.5. The average molecular weight is 514 g/mol. The minimum absolute atomic E-state index is 0. The first kappa shape index (κ1) is 28.4. The molecule has 1 aliphatic carbocycles. The van der Waals surface area contributed by atoms with E-state index in [4.69, 9.17) is 9.84 Å². The summed E-state index contributed by atoms with van der Waals surface area (Å²) in [5.74, 6) is -0.486. The minimum atomic E-state index is -0.760. The summed E-state index contributed by atoms with van der Waals surface area (Å²) >= 11 is 0. The number of allylic oxidation sites excluding steroid dienone is 2. The number of aliphatic carboxylic acids is 1. The molecule has 6 heteroatoms. The fourth-order valence-corrected chi connectivity index (χ4v) is 5.69. The second-order valence-corrected chi connectivity index (χ2v) is 9.95. The molecule has 2 aromatic carbocycles. The van der Waals surface area contributed by atoms with Crippen LogP contribution in [0.15, 0.2) is 66.7 Å². The van der Waals surface area contributed by atoms with Crippen LogP contribution in [0.2, 0.25) is 0 Å². The molecule has 1 heterocycles. The van der Waals surface area contributed by atoms with Crippen molar-refractivity contribution in [3.8, 4) is 11.1 Å². The summed E-state index contributed by atoms with van der Waals surface area (Å²) in [6.07, 6.45) is 10.6. The fraction of sp³-hybridized carbons (Fsp3) is 0.500. The normalized spacial score (nSPS) is 24.6. The number of carbonyl (C=O) groups is 1. The topological polar surface area (TPSA) is 70.0 Å². The van der Waals surface area contributed by atoms with Gasteiger partial charge in [-0.15, -0.1) is 0 Å². The van der Waals surface area contributed by atoms with Crippen LogP contribution < -0.4 is 12.4 Å². The van der Waals surface area contributed by atoms with E-state index in [1.807, 2.05) is 12.1 Å². The van der Waals surface area contributed by atoms with E-state index < -0.39 is 5.97 Å². The van der Waals surface area contributed by atoms with E-state index in [1.54, 1.807) is 0 Å². The van der Waals surface area contributed by atoms with Gasteiger partial charge in [-0.25, -0.2) is 0 Å². The van der Waals surface area contributed by atoms with Crippen LogP contribution >= 0.6 is 0 Å². The van der Waals surface area contributed by atoms with Gasteiger partial charge in [0.2, 0.25) is 0 Å². The number of aliphatic hydroxyl groups excluding tert-OH is 1. The number of aliphatic hydroxyl groups is 1. The summed E-state index contributed by atoms with van der Waals surface area (Å²) in [4.78, 5) is 13.2. The van der Waals surface area contributed by atoms with Gasteiger partial charge in [0.15, 0.2) is 0 Å². The molecule has 1 saturated heterocycles. The Morgan fingerprint density at radius 3 is 2.33 bits per heavy atom. The van der Waals surface area contributed by atoms with Crippen molar-refractivity contribution in [3.63, 3.8) is 0 Å². The number of ether oxygens (including phenoxy) is 1. The number of halogens is 1. The molecular weight excluding hydrogens is 474 g/mol. The first-order valence-corrected chi connectivity index (χ1v) is 13.2. The quantitative estimate of drug-likeness (QED) is 0.452. The highest BCUT2D eigenvalue weighted by atomic mass is 35.5. The van der Waals surface area contributed by atoms with Gasteiger partial charge in [-0.1, -0.05) is 73.2 Å². The lowest BCUT2D eigenvalue weighted by atomic mass is 9.92. The lowest BCUT2D eigenvalue weighted by Gasteiger charge is -2.38. The molecule has 5 nitrogen and oxygen atoms in total. The molecule has 2 N–H and O–H groups in total. The van der Waals surface area contributed by atoms with Crippen LogP contribution in [0.3, 0.4) is 0 Å². The van der Waals surface area contributed by atoms with Crippen molar-refractivity contribution in [1.29, 1.82) is 0 Å². The summed E-state index contributed by atoms with van der Waals surface area (Å²) in [5.41, 5.74) is 3.55. The van der Waals surface area contributed by atoms with Crippen molar-refractivity contribution in [2.45, 2.75) is 76.2 Å². The number of carboxylic acid groups (broad SMARTS) is 1. The number of piperidine rings is 1. The summed E-state index contributed by atoms with van der Waals surface area (Å²) in [5, 5.41) is 19.9. The predicted octanol–water partition coefficient (Wildman–Crippen LogP) is 2.79. The van der Waals surface area contributed by atoms with Crippen LogP contribution in [0.5, 0.6) is 0 Å². The average Bonchev–Trinajstić information content (AvgIpc) is 3.20. The highest BCUT2D eigenvalue weighted by Gasteiger charge is 2.45. The molecule has 2 fully saturated rings. The molecule has 0 unspecified atom stereocenters. The van der Waals surface area contributed by atoms with Gasteiger partial charge in [-0.2, -0.15) is 0 Å². The van der Waals surface area contributed by atoms with Crippen LogP contribution in [0, 0.1) is 5.92 Å². The molecule has 4 atom stereocenters. The first-order valence-electron chi connectivity index (χ1n) is 13.2. The molecule has 0 bridgehead atoms. The van der Waals surface area contributed by atoms with Crippen molar-refractivity contribution < 1.29 is 33.6 Å². The lowest BCUT2D eigenvalue weighted by molar-refractivity contribution is -0.136. The summed E-state index contributed by atoms with van der Waals surface area (Å²) < 4.78 is 6.46. The molecule has 4 rings (SSSR count). The van der Waals surface area contributed by atoms with Gasteiger partial charge in [0.25, 0.3) is 0 Å². The summed E-state index contributed by atoms with van der Waals surface area (Å²) in [6, 6.07) is 19.1. The molecule has 2 aromatic rings. The van der Waals surface area contributed by atoms with E-state index in [0.717, 1.165) is 31.5 Å². The van der Waals surface area contributed by atoms with Gasteiger partial charge in [-0.05, 0) is 61.9 Å². The van der Waals surface area contributed by atoms with Crippen molar-refractivity contribution in [1.82, 2.24) is 4.90 Å². The SMILES string of the molecule is O=C(O)CC/C=C/CC[C@@H]1[C@@H](N2CCCCC2)[C@@H](O)C[C@@H]1OCc1ccc(-c2ccccc2)cc1.[Cl-].[H+]. The maximum atomic E-state index is 11.0. The molecule has 2 aliphatic rings. The van der Waals surface area contributed by atoms with E-state index in [1.165, 1.54) is 30.4 Å². The highest BCUT2D eigenvalue weighted by Crippen LogP contribution is 2.38. The summed E-state index contributed by atoms with van der Waals surface area (Å²) in [6.45, 7) is 2.66. The Hall–Kier alpha value is -2.18. The molecule has 1 aliphatic heterocycles. The lowest BCUT2D eigenvalue weighted by Crippen LogP contribution is -3.00. The van der Waals surface area contributed by atoms with Crippen molar-refractivity contribution >= 4 is 5.97 Å². The van der Waals surface area contributed by atoms with Gasteiger partial charge >= 0.3 is 7.40 Å². The molecule has 196 valence electrons. The minimum Gasteiger partial charge on any atom is -1.00 e. The zero-order valence-corrected chi connectivity index (χ0v) is 21.7. The summed E-state index contributed by atoms with van der Waals surface area (Å²) in [7, 11) is 0. The number of carboxylic acids is 1. The van der Waals surface area contributed by atoms with Crippen molar-refractivity contribution in [3.05, 3.63) is 72.3 Å². The van der Waals surface area contributed by atoms with Crippen LogP contribution in [-0.4, -0.2) is 52.4 Å². The number of hydrogen-bond acceptors (Lipinski definition) is 4. The van der Waals surface area contributed by atoms with Gasteiger partial charge < -0.3 is 27.4 Å². The number of rotatable bonds is 11. The van der Waals surface area contributed by atoms with Crippen LogP contribution in [0.25, 0.3) is 11.1 Å². The van der Waals surface area contributed by atoms with E-state index in [2.05, 4.69) is 59.5 Å². The van der Waals surface area contributed by atoms with E-state index in [-0.39, 0.29) is 44.4 Å². The molecule has 0 amide bonds. The highest BCUT2D eigenvalue weighted by molar-refractivity contribution is 5.66. The molecule has 0 aromatic heterocycles. The first-order chi connectivity index (χ1) is 17.1. The fourth-order valence-electron chi connectivity index (χ4n) is 5.69. The maximum absolute atomic E-state index is 11.0. The van der Waals surface area contributed by atoms with Crippen molar-refractivity contribution in [2.75, 3.05) is 13.1 Å². The van der Waals surface area contributed by atoms with Crippen LogP contribution in [0.4, 0.5) is 0 Å². The van der Waals surface area contributed by atoms with E-state index >= 15 is 0 Å².